The number of imide groups is 1. The molecule has 0 aliphatic heterocycles. The van der Waals surface area contributed by atoms with E-state index in [-0.39, 0.29) is 0 Å². The molecule has 0 aliphatic rings. The molecule has 0 radical (unpaired) electrons. The Balaban J connectivity index is 2.22. The van der Waals surface area contributed by atoms with E-state index in [1.165, 1.54) is 18.3 Å². The van der Waals surface area contributed by atoms with Crippen LogP contribution in [0.5, 0.6) is 0 Å². The summed E-state index contributed by atoms with van der Waals surface area (Å²) in [6.45, 7) is 3.34. The Bertz CT molecular complexity index is 826. The molecule has 1 heterocycles. The first-order chi connectivity index (χ1) is 12.4. The molecule has 1 aromatic carbocycles. The molecule has 7 heteroatoms. The predicted molar refractivity (Wildman–Crippen MR) is 99.5 cm³/mol. The van der Waals surface area contributed by atoms with Crippen molar-refractivity contribution in [1.29, 1.82) is 0 Å². The third kappa shape index (κ3) is 5.29. The Morgan fingerprint density at radius 1 is 1.19 bits per heavy atom. The maximum Gasteiger partial charge on any atom is 0.413 e. The van der Waals surface area contributed by atoms with Crippen molar-refractivity contribution in [2.45, 2.75) is 20.0 Å². The lowest BCUT2D eigenvalue weighted by atomic mass is 10.1. The average molecular weight is 373 g/mol. The van der Waals surface area contributed by atoms with Gasteiger partial charge in [0.25, 0.3) is 5.91 Å². The third-order valence-corrected chi connectivity index (χ3v) is 4.33. The van der Waals surface area contributed by atoms with Crippen molar-refractivity contribution in [2.24, 2.45) is 0 Å². The van der Waals surface area contributed by atoms with Gasteiger partial charge in [-0.3, -0.25) is 10.1 Å². The molecule has 1 atom stereocenters. The Hall–Kier alpha value is -2.93. The number of nitrogens with one attached hydrogen (secondary N) is 1. The number of hydrogen-bond donors (Lipinski definition) is 1. The maximum atomic E-state index is 12.6. The molecule has 0 saturated carbocycles. The number of methoxy groups -OCH3 is 1. The van der Waals surface area contributed by atoms with Crippen molar-refractivity contribution >= 4 is 41.0 Å². The molecule has 0 fully saturated rings. The Morgan fingerprint density at radius 2 is 1.96 bits per heavy atom. The van der Waals surface area contributed by atoms with Crippen LogP contribution in [0.2, 0.25) is 0 Å². The van der Waals surface area contributed by atoms with Crippen LogP contribution in [0.15, 0.2) is 41.8 Å². The molecule has 26 heavy (non-hydrogen) atoms. The lowest BCUT2D eigenvalue weighted by Gasteiger charge is -2.13. The summed E-state index contributed by atoms with van der Waals surface area (Å²) >= 11 is 1.39. The summed E-state index contributed by atoms with van der Waals surface area (Å²) in [5, 5.41) is 3.82. The van der Waals surface area contributed by atoms with Gasteiger partial charge in [0.15, 0.2) is 6.10 Å². The van der Waals surface area contributed by atoms with Crippen LogP contribution >= 0.6 is 11.3 Å². The summed E-state index contributed by atoms with van der Waals surface area (Å²) in [6.07, 6.45) is -0.347. The van der Waals surface area contributed by atoms with Gasteiger partial charge in [0.2, 0.25) is 0 Å². The van der Waals surface area contributed by atoms with E-state index in [0.29, 0.717) is 5.57 Å². The van der Waals surface area contributed by atoms with Crippen LogP contribution in [0.1, 0.15) is 22.9 Å². The maximum absolute atomic E-state index is 12.6. The van der Waals surface area contributed by atoms with Crippen LogP contribution in [0.25, 0.3) is 11.6 Å². The number of esters is 1. The molecule has 2 aromatic rings. The number of amides is 2. The molecule has 2 rings (SSSR count). The highest BCUT2D eigenvalue weighted by molar-refractivity contribution is 7.11. The largest absolute Gasteiger partial charge is 0.453 e. The van der Waals surface area contributed by atoms with E-state index in [0.717, 1.165) is 23.1 Å². The van der Waals surface area contributed by atoms with E-state index in [9.17, 15) is 14.4 Å². The Morgan fingerprint density at radius 3 is 2.58 bits per heavy atom. The van der Waals surface area contributed by atoms with Gasteiger partial charge >= 0.3 is 12.1 Å². The molecule has 0 saturated heterocycles. The van der Waals surface area contributed by atoms with E-state index >= 15 is 0 Å². The summed E-state index contributed by atoms with van der Waals surface area (Å²) in [5.74, 6) is -1.41. The molecule has 6 nitrogen and oxygen atoms in total. The molecule has 0 unspecified atom stereocenters. The number of aryl methyl sites for hydroxylation is 1. The number of thiophene rings is 1. The van der Waals surface area contributed by atoms with E-state index in [1.807, 2.05) is 48.0 Å². The smallest absolute Gasteiger partial charge is 0.413 e. The van der Waals surface area contributed by atoms with Gasteiger partial charge in [0.05, 0.1) is 12.7 Å². The van der Waals surface area contributed by atoms with E-state index in [2.05, 4.69) is 4.74 Å². The second-order valence-corrected chi connectivity index (χ2v) is 6.43. The lowest BCUT2D eigenvalue weighted by molar-refractivity contribution is -0.149. The lowest BCUT2D eigenvalue weighted by Crippen LogP contribution is -2.39. The summed E-state index contributed by atoms with van der Waals surface area (Å²) < 4.78 is 9.58. The SMILES string of the molecule is COC(=O)NC(=O)[C@H](C)OC(=O)/C(=C/c1cccc(C)c1)c1cccs1. The number of rotatable bonds is 5. The number of carbonyl (C=O) groups is 3. The van der Waals surface area contributed by atoms with Gasteiger partial charge in [-0.1, -0.05) is 35.9 Å². The van der Waals surface area contributed by atoms with Crippen molar-refractivity contribution in [3.05, 3.63) is 57.8 Å². The van der Waals surface area contributed by atoms with Crippen molar-refractivity contribution in [1.82, 2.24) is 5.32 Å². The minimum absolute atomic E-state index is 0.336. The molecular weight excluding hydrogens is 354 g/mol. The molecule has 1 N–H and O–H groups in total. The number of carbonyl (C=O) groups excluding carboxylic acids is 3. The van der Waals surface area contributed by atoms with E-state index < -0.39 is 24.1 Å². The molecule has 0 bridgehead atoms. The highest BCUT2D eigenvalue weighted by Crippen LogP contribution is 2.25. The fourth-order valence-corrected chi connectivity index (χ4v) is 2.85. The fourth-order valence-electron chi connectivity index (χ4n) is 2.12. The normalized spacial score (nSPS) is 12.2. The number of alkyl carbamates (subject to hydrolysis) is 1. The zero-order valence-corrected chi connectivity index (χ0v) is 15.5. The van der Waals surface area contributed by atoms with Crippen LogP contribution in [0, 0.1) is 6.92 Å². The quantitative estimate of drug-likeness (QED) is 0.642. The summed E-state index contributed by atoms with van der Waals surface area (Å²) in [6, 6.07) is 11.3. The fraction of sp³-hybridized carbons (Fsp3) is 0.211. The first-order valence-electron chi connectivity index (χ1n) is 7.82. The van der Waals surface area contributed by atoms with Gasteiger partial charge in [0, 0.05) is 4.88 Å². The number of hydrogen-bond acceptors (Lipinski definition) is 6. The first-order valence-corrected chi connectivity index (χ1v) is 8.70. The van der Waals surface area contributed by atoms with E-state index in [4.69, 9.17) is 4.74 Å². The van der Waals surface area contributed by atoms with Crippen LogP contribution in [-0.4, -0.2) is 31.2 Å². The minimum Gasteiger partial charge on any atom is -0.453 e. The molecule has 1 aromatic heterocycles. The van der Waals surface area contributed by atoms with Crippen molar-refractivity contribution in [3.8, 4) is 0 Å². The van der Waals surface area contributed by atoms with Crippen LogP contribution in [0.3, 0.4) is 0 Å². The van der Waals surface area contributed by atoms with Crippen LogP contribution in [0.4, 0.5) is 4.79 Å². The van der Waals surface area contributed by atoms with Gasteiger partial charge in [0.1, 0.15) is 0 Å². The predicted octanol–water partition coefficient (Wildman–Crippen LogP) is 3.41. The minimum atomic E-state index is -1.15. The van der Waals surface area contributed by atoms with E-state index in [1.54, 1.807) is 12.1 Å². The third-order valence-electron chi connectivity index (χ3n) is 3.42. The van der Waals surface area contributed by atoms with Crippen LogP contribution in [-0.2, 0) is 19.1 Å². The average Bonchev–Trinajstić information content (AvgIpc) is 3.13. The van der Waals surface area contributed by atoms with Gasteiger partial charge in [-0.05, 0) is 36.9 Å². The van der Waals surface area contributed by atoms with Gasteiger partial charge < -0.3 is 9.47 Å². The molecule has 0 spiro atoms. The van der Waals surface area contributed by atoms with Gasteiger partial charge in [-0.2, -0.15) is 0 Å². The molecule has 0 aliphatic carbocycles. The monoisotopic (exact) mass is 373 g/mol. The number of benzene rings is 1. The van der Waals surface area contributed by atoms with Crippen molar-refractivity contribution in [2.75, 3.05) is 7.11 Å². The standard InChI is InChI=1S/C19H19NO5S/c1-12-6-4-7-14(10-12)11-15(16-8-5-9-26-16)18(22)25-13(2)17(21)20-19(23)24-3/h4-11,13H,1-3H3,(H,20,21,23)/b15-11+/t13-/m0/s1. The first kappa shape index (κ1) is 19.4. The molecule has 2 amide bonds. The second kappa shape index (κ2) is 8.96. The molecular formula is C19H19NO5S. The van der Waals surface area contributed by atoms with Gasteiger partial charge in [-0.25, -0.2) is 9.59 Å². The zero-order valence-electron chi connectivity index (χ0n) is 14.6. The topological polar surface area (TPSA) is 81.7 Å². The zero-order chi connectivity index (χ0) is 19.1. The Kier molecular flexibility index (Phi) is 6.68. The molecule has 136 valence electrons. The van der Waals surface area contributed by atoms with Crippen molar-refractivity contribution < 1.29 is 23.9 Å². The number of ether oxygens (including phenoxy) is 2. The summed E-state index contributed by atoms with van der Waals surface area (Å²) in [4.78, 5) is 36.3. The second-order valence-electron chi connectivity index (χ2n) is 5.48. The highest BCUT2D eigenvalue weighted by atomic mass is 32.1. The van der Waals surface area contributed by atoms with Crippen LogP contribution < -0.4 is 5.32 Å². The summed E-state index contributed by atoms with van der Waals surface area (Å²) in [7, 11) is 1.14. The highest BCUT2D eigenvalue weighted by Gasteiger charge is 2.23. The van der Waals surface area contributed by atoms with Gasteiger partial charge in [-0.15, -0.1) is 11.3 Å². The van der Waals surface area contributed by atoms with Crippen molar-refractivity contribution in [3.63, 3.8) is 0 Å². The Labute approximate surface area is 155 Å². The summed E-state index contributed by atoms with van der Waals surface area (Å²) in [5.41, 5.74) is 2.24.